The first-order valence-corrected chi connectivity index (χ1v) is 6.21. The van der Waals surface area contributed by atoms with Crippen molar-refractivity contribution in [2.75, 3.05) is 5.73 Å². The van der Waals surface area contributed by atoms with E-state index in [2.05, 4.69) is 26.2 Å². The third kappa shape index (κ3) is 2.58. The highest BCUT2D eigenvalue weighted by Gasteiger charge is 2.31. The highest BCUT2D eigenvalue weighted by atomic mass is 79.9. The summed E-state index contributed by atoms with van der Waals surface area (Å²) in [4.78, 5) is 0. The number of hydrogen-bond donors (Lipinski definition) is 1. The molecule has 0 radical (unpaired) electrons. The third-order valence-electron chi connectivity index (χ3n) is 2.63. The lowest BCUT2D eigenvalue weighted by atomic mass is 10.2. The average molecular weight is 335 g/mol. The summed E-state index contributed by atoms with van der Waals surface area (Å²) in [6.07, 6.45) is -3.89. The Labute approximate surface area is 115 Å². The van der Waals surface area contributed by atoms with Gasteiger partial charge in [0.05, 0.1) is 16.9 Å². The van der Waals surface area contributed by atoms with Gasteiger partial charge in [0.25, 0.3) is 0 Å². The van der Waals surface area contributed by atoms with Gasteiger partial charge in [-0.1, -0.05) is 12.1 Å². The monoisotopic (exact) mass is 334 g/mol. The van der Waals surface area contributed by atoms with Crippen molar-refractivity contribution in [1.82, 2.24) is 15.0 Å². The van der Waals surface area contributed by atoms with Gasteiger partial charge in [-0.2, -0.15) is 13.2 Å². The first-order valence-electron chi connectivity index (χ1n) is 5.41. The number of rotatable bonds is 2. The predicted octanol–water partition coefficient (Wildman–Crippen LogP) is 3.19. The fraction of sp³-hybridized carbons (Fsp3) is 0.273. The number of nitrogens with two attached hydrogens (primary N) is 1. The lowest BCUT2D eigenvalue weighted by Crippen LogP contribution is -2.09. The van der Waals surface area contributed by atoms with E-state index in [-0.39, 0.29) is 11.5 Å². The van der Waals surface area contributed by atoms with Crippen LogP contribution in [0.1, 0.15) is 18.2 Å². The first kappa shape index (κ1) is 13.9. The van der Waals surface area contributed by atoms with E-state index in [1.807, 2.05) is 6.92 Å². The van der Waals surface area contributed by atoms with Crippen LogP contribution in [0.4, 0.5) is 19.0 Å². The first-order chi connectivity index (χ1) is 8.84. The van der Waals surface area contributed by atoms with Crippen LogP contribution in [0, 0.1) is 0 Å². The minimum absolute atomic E-state index is 0.215. The van der Waals surface area contributed by atoms with Gasteiger partial charge in [0.15, 0.2) is 5.82 Å². The fourth-order valence-corrected chi connectivity index (χ4v) is 2.10. The summed E-state index contributed by atoms with van der Waals surface area (Å²) in [5.74, 6) is 0.215. The Kier molecular flexibility index (Phi) is 3.53. The van der Waals surface area contributed by atoms with Crippen molar-refractivity contribution in [3.63, 3.8) is 0 Å². The predicted molar refractivity (Wildman–Crippen MR) is 67.9 cm³/mol. The number of halogens is 4. The van der Waals surface area contributed by atoms with Crippen LogP contribution in [0.3, 0.4) is 0 Å². The molecule has 1 heterocycles. The summed E-state index contributed by atoms with van der Waals surface area (Å²) in [5, 5.41) is 7.47. The van der Waals surface area contributed by atoms with Crippen molar-refractivity contribution in [1.29, 1.82) is 0 Å². The van der Waals surface area contributed by atoms with Crippen molar-refractivity contribution in [3.05, 3.63) is 33.9 Å². The van der Waals surface area contributed by atoms with E-state index >= 15 is 0 Å². The summed E-state index contributed by atoms with van der Waals surface area (Å²) >= 11 is 3.21. The second-order valence-electron chi connectivity index (χ2n) is 3.85. The van der Waals surface area contributed by atoms with Crippen LogP contribution in [-0.4, -0.2) is 15.0 Å². The zero-order chi connectivity index (χ0) is 14.2. The van der Waals surface area contributed by atoms with E-state index < -0.39 is 11.7 Å². The summed E-state index contributed by atoms with van der Waals surface area (Å²) in [5.41, 5.74) is 5.71. The number of benzene rings is 1. The van der Waals surface area contributed by atoms with Crippen LogP contribution in [-0.2, 0) is 12.6 Å². The number of anilines is 1. The Bertz CT molecular complexity index is 606. The molecule has 0 spiro atoms. The molecule has 0 unspecified atom stereocenters. The van der Waals surface area contributed by atoms with Crippen LogP contribution >= 0.6 is 15.9 Å². The number of nitrogens with zero attached hydrogens (tertiary/aromatic N) is 3. The zero-order valence-electron chi connectivity index (χ0n) is 9.87. The largest absolute Gasteiger partial charge is 0.416 e. The SMILES string of the molecule is CCc1c(N)nnn1-c1cc(C(F)(F)F)ccc1Br. The summed E-state index contributed by atoms with van der Waals surface area (Å²) in [6, 6.07) is 3.34. The zero-order valence-corrected chi connectivity index (χ0v) is 11.5. The van der Waals surface area contributed by atoms with Gasteiger partial charge in [-0.15, -0.1) is 5.10 Å². The van der Waals surface area contributed by atoms with Crippen LogP contribution in [0.15, 0.2) is 22.7 Å². The smallest absolute Gasteiger partial charge is 0.381 e. The van der Waals surface area contributed by atoms with Crippen molar-refractivity contribution >= 4 is 21.7 Å². The van der Waals surface area contributed by atoms with Gasteiger partial charge in [-0.25, -0.2) is 4.68 Å². The Morgan fingerprint density at radius 2 is 2.05 bits per heavy atom. The van der Waals surface area contributed by atoms with Crippen molar-refractivity contribution in [3.8, 4) is 5.69 Å². The van der Waals surface area contributed by atoms with Gasteiger partial charge in [0, 0.05) is 4.47 Å². The molecule has 4 nitrogen and oxygen atoms in total. The molecule has 102 valence electrons. The lowest BCUT2D eigenvalue weighted by Gasteiger charge is -2.11. The molecule has 1 aromatic heterocycles. The minimum atomic E-state index is -4.41. The standard InChI is InChI=1S/C11H10BrF3N4/c1-2-8-10(16)17-18-19(8)9-5-6(11(13,14)15)3-4-7(9)12/h3-5H,2,16H2,1H3. The number of hydrogen-bond acceptors (Lipinski definition) is 3. The number of nitrogen functional groups attached to an aromatic ring is 1. The molecule has 0 amide bonds. The molecule has 0 bridgehead atoms. The van der Waals surface area contributed by atoms with E-state index in [9.17, 15) is 13.2 Å². The van der Waals surface area contributed by atoms with Crippen LogP contribution in [0.2, 0.25) is 0 Å². The Balaban J connectivity index is 2.61. The molecule has 0 aliphatic carbocycles. The maximum absolute atomic E-state index is 12.7. The van der Waals surface area contributed by atoms with Crippen LogP contribution in [0.25, 0.3) is 5.69 Å². The highest BCUT2D eigenvalue weighted by molar-refractivity contribution is 9.10. The molecule has 0 aliphatic heterocycles. The molecule has 2 aromatic rings. The second-order valence-corrected chi connectivity index (χ2v) is 4.71. The Morgan fingerprint density at radius 3 is 2.63 bits per heavy atom. The average Bonchev–Trinajstić information content (AvgIpc) is 2.69. The van der Waals surface area contributed by atoms with Crippen molar-refractivity contribution < 1.29 is 13.2 Å². The van der Waals surface area contributed by atoms with Gasteiger partial charge >= 0.3 is 6.18 Å². The normalized spacial score (nSPS) is 11.8. The molecule has 0 saturated carbocycles. The Hall–Kier alpha value is -1.57. The van der Waals surface area contributed by atoms with Gasteiger partial charge in [0.1, 0.15) is 0 Å². The summed E-state index contributed by atoms with van der Waals surface area (Å²) in [7, 11) is 0. The van der Waals surface area contributed by atoms with Gasteiger partial charge in [0.2, 0.25) is 0 Å². The molecule has 0 atom stereocenters. The quantitative estimate of drug-likeness (QED) is 0.917. The van der Waals surface area contributed by atoms with E-state index in [0.717, 1.165) is 12.1 Å². The van der Waals surface area contributed by atoms with Gasteiger partial charge in [-0.3, -0.25) is 0 Å². The van der Waals surface area contributed by atoms with Crippen molar-refractivity contribution in [2.24, 2.45) is 0 Å². The second kappa shape index (κ2) is 4.84. The minimum Gasteiger partial charge on any atom is -0.381 e. The molecule has 0 aliphatic rings. The number of alkyl halides is 3. The van der Waals surface area contributed by atoms with E-state index in [1.165, 1.54) is 10.7 Å². The molecule has 0 saturated heterocycles. The molecule has 2 rings (SSSR count). The van der Waals surface area contributed by atoms with Gasteiger partial charge < -0.3 is 5.73 Å². The molecule has 2 N–H and O–H groups in total. The topological polar surface area (TPSA) is 56.7 Å². The summed E-state index contributed by atoms with van der Waals surface area (Å²) < 4.78 is 40.0. The maximum Gasteiger partial charge on any atom is 0.416 e. The van der Waals surface area contributed by atoms with Crippen molar-refractivity contribution in [2.45, 2.75) is 19.5 Å². The van der Waals surface area contributed by atoms with E-state index in [0.29, 0.717) is 16.6 Å². The van der Waals surface area contributed by atoms with Gasteiger partial charge in [-0.05, 0) is 40.5 Å². The molecule has 0 fully saturated rings. The maximum atomic E-state index is 12.7. The Morgan fingerprint density at radius 1 is 1.37 bits per heavy atom. The molecule has 1 aromatic carbocycles. The summed E-state index contributed by atoms with van der Waals surface area (Å²) in [6.45, 7) is 1.83. The van der Waals surface area contributed by atoms with Crippen LogP contribution in [0.5, 0.6) is 0 Å². The molecule has 19 heavy (non-hydrogen) atoms. The lowest BCUT2D eigenvalue weighted by molar-refractivity contribution is -0.137. The van der Waals surface area contributed by atoms with Crippen LogP contribution < -0.4 is 5.73 Å². The van der Waals surface area contributed by atoms with E-state index in [1.54, 1.807) is 0 Å². The molecular weight excluding hydrogens is 325 g/mol. The number of aromatic nitrogens is 3. The highest BCUT2D eigenvalue weighted by Crippen LogP contribution is 2.33. The third-order valence-corrected chi connectivity index (χ3v) is 3.30. The molecule has 8 heteroatoms. The fourth-order valence-electron chi connectivity index (χ4n) is 1.69. The molecular formula is C11H10BrF3N4. The van der Waals surface area contributed by atoms with E-state index in [4.69, 9.17) is 5.73 Å².